The maximum atomic E-state index is 6.03. The molecule has 3 N–H and O–H groups in total. The highest BCUT2D eigenvalue weighted by atomic mass is 16.5. The second-order valence-electron chi connectivity index (χ2n) is 6.81. The fourth-order valence-corrected chi connectivity index (χ4v) is 3.27. The standard InChI is InChI=1S/C21H29N5O2/c1-27-18-7-6-16(12-19(18)28-2)14-24-21(22)25-15-17-8-9-23-20(13-17)26-10-4-3-5-11-26/h6-9,12-13H,3-5,10-11,14-15H2,1-2H3,(H3,22,24,25). The molecule has 1 aromatic carbocycles. The summed E-state index contributed by atoms with van der Waals surface area (Å²) in [7, 11) is 3.24. The third kappa shape index (κ3) is 5.28. The minimum atomic E-state index is 0.408. The number of hydrogen-bond acceptors (Lipinski definition) is 5. The SMILES string of the molecule is COc1ccc(CN=C(N)NCc2ccnc(N3CCCCC3)c2)cc1OC. The highest BCUT2D eigenvalue weighted by molar-refractivity contribution is 5.77. The van der Waals surface area contributed by atoms with Crippen LogP contribution in [0.3, 0.4) is 0 Å². The Hall–Kier alpha value is -2.96. The summed E-state index contributed by atoms with van der Waals surface area (Å²) in [6, 6.07) is 9.85. The molecule has 1 aliphatic heterocycles. The molecular formula is C21H29N5O2. The van der Waals surface area contributed by atoms with E-state index in [4.69, 9.17) is 15.2 Å². The van der Waals surface area contributed by atoms with Crippen LogP contribution in [0.1, 0.15) is 30.4 Å². The summed E-state index contributed by atoms with van der Waals surface area (Å²) in [6.07, 6.45) is 5.64. The van der Waals surface area contributed by atoms with Crippen LogP contribution in [0.15, 0.2) is 41.5 Å². The van der Waals surface area contributed by atoms with Gasteiger partial charge in [-0.05, 0) is 54.7 Å². The average molecular weight is 383 g/mol. The number of aromatic nitrogens is 1. The zero-order chi connectivity index (χ0) is 19.8. The number of benzene rings is 1. The maximum absolute atomic E-state index is 6.03. The predicted octanol–water partition coefficient (Wildman–Crippen LogP) is 2.69. The summed E-state index contributed by atoms with van der Waals surface area (Å²) < 4.78 is 10.6. The van der Waals surface area contributed by atoms with Crippen molar-refractivity contribution in [3.05, 3.63) is 47.7 Å². The number of hydrogen-bond donors (Lipinski definition) is 2. The van der Waals surface area contributed by atoms with Gasteiger partial charge < -0.3 is 25.4 Å². The van der Waals surface area contributed by atoms with Crippen molar-refractivity contribution in [2.45, 2.75) is 32.4 Å². The van der Waals surface area contributed by atoms with Gasteiger partial charge in [-0.15, -0.1) is 0 Å². The summed E-state index contributed by atoms with van der Waals surface area (Å²) in [5.74, 6) is 2.83. The van der Waals surface area contributed by atoms with E-state index in [-0.39, 0.29) is 0 Å². The molecule has 0 unspecified atom stereocenters. The molecule has 0 aliphatic carbocycles. The zero-order valence-electron chi connectivity index (χ0n) is 16.6. The van der Waals surface area contributed by atoms with E-state index in [1.54, 1.807) is 14.2 Å². The van der Waals surface area contributed by atoms with Gasteiger partial charge in [0, 0.05) is 25.8 Å². The maximum Gasteiger partial charge on any atom is 0.189 e. The molecule has 1 saturated heterocycles. The molecule has 0 bridgehead atoms. The Morgan fingerprint density at radius 2 is 1.86 bits per heavy atom. The van der Waals surface area contributed by atoms with Gasteiger partial charge >= 0.3 is 0 Å². The number of anilines is 1. The molecule has 1 fully saturated rings. The molecule has 0 atom stereocenters. The van der Waals surface area contributed by atoms with Gasteiger partial charge in [0.05, 0.1) is 20.8 Å². The number of pyridine rings is 1. The molecule has 0 spiro atoms. The van der Waals surface area contributed by atoms with Gasteiger partial charge in [-0.25, -0.2) is 9.98 Å². The van der Waals surface area contributed by atoms with Crippen LogP contribution in [0.5, 0.6) is 11.5 Å². The summed E-state index contributed by atoms with van der Waals surface area (Å²) >= 11 is 0. The Balaban J connectivity index is 1.55. The Morgan fingerprint density at radius 3 is 2.61 bits per heavy atom. The molecule has 28 heavy (non-hydrogen) atoms. The Labute approximate surface area is 166 Å². The number of nitrogens with zero attached hydrogens (tertiary/aromatic N) is 3. The molecule has 2 aromatic rings. The molecule has 0 radical (unpaired) electrons. The lowest BCUT2D eigenvalue weighted by Gasteiger charge is -2.27. The van der Waals surface area contributed by atoms with Crippen molar-refractivity contribution < 1.29 is 9.47 Å². The molecule has 150 valence electrons. The van der Waals surface area contributed by atoms with Gasteiger partial charge in [0.25, 0.3) is 0 Å². The molecule has 1 aromatic heterocycles. The summed E-state index contributed by atoms with van der Waals surface area (Å²) in [5.41, 5.74) is 8.17. The molecular weight excluding hydrogens is 354 g/mol. The van der Waals surface area contributed by atoms with Crippen molar-refractivity contribution in [2.24, 2.45) is 10.7 Å². The molecule has 7 nitrogen and oxygen atoms in total. The zero-order valence-corrected chi connectivity index (χ0v) is 16.6. The smallest absolute Gasteiger partial charge is 0.189 e. The topological polar surface area (TPSA) is 85.0 Å². The third-order valence-corrected chi connectivity index (χ3v) is 4.84. The number of rotatable bonds is 7. The molecule has 3 rings (SSSR count). The molecule has 0 saturated carbocycles. The van der Waals surface area contributed by atoms with Crippen LogP contribution in [0.2, 0.25) is 0 Å². The van der Waals surface area contributed by atoms with Gasteiger partial charge in [-0.2, -0.15) is 0 Å². The quantitative estimate of drug-likeness (QED) is 0.565. The number of aliphatic imine (C=N–C) groups is 1. The monoisotopic (exact) mass is 383 g/mol. The fourth-order valence-electron chi connectivity index (χ4n) is 3.27. The van der Waals surface area contributed by atoms with Crippen molar-refractivity contribution in [3.63, 3.8) is 0 Å². The van der Waals surface area contributed by atoms with Crippen LogP contribution in [0.4, 0.5) is 5.82 Å². The largest absolute Gasteiger partial charge is 0.493 e. The van der Waals surface area contributed by atoms with E-state index in [2.05, 4.69) is 26.3 Å². The minimum absolute atomic E-state index is 0.408. The van der Waals surface area contributed by atoms with Crippen molar-refractivity contribution in [1.82, 2.24) is 10.3 Å². The summed E-state index contributed by atoms with van der Waals surface area (Å²) in [4.78, 5) is 11.3. The van der Waals surface area contributed by atoms with Crippen molar-refractivity contribution in [2.75, 3.05) is 32.2 Å². The number of methoxy groups -OCH3 is 2. The first-order valence-electron chi connectivity index (χ1n) is 9.64. The third-order valence-electron chi connectivity index (χ3n) is 4.84. The predicted molar refractivity (Wildman–Crippen MR) is 112 cm³/mol. The number of nitrogens with one attached hydrogen (secondary N) is 1. The Bertz CT molecular complexity index is 803. The van der Waals surface area contributed by atoms with Gasteiger partial charge in [0.15, 0.2) is 17.5 Å². The van der Waals surface area contributed by atoms with Crippen molar-refractivity contribution >= 4 is 11.8 Å². The highest BCUT2D eigenvalue weighted by Gasteiger charge is 2.12. The average Bonchev–Trinajstić information content (AvgIpc) is 2.76. The summed E-state index contributed by atoms with van der Waals surface area (Å²) in [5, 5.41) is 3.18. The van der Waals surface area contributed by atoms with Crippen LogP contribution in [-0.4, -0.2) is 38.3 Å². The lowest BCUT2D eigenvalue weighted by atomic mass is 10.1. The van der Waals surface area contributed by atoms with Crippen LogP contribution in [-0.2, 0) is 13.1 Å². The minimum Gasteiger partial charge on any atom is -0.493 e. The number of guanidine groups is 1. The van der Waals surface area contributed by atoms with Crippen molar-refractivity contribution in [1.29, 1.82) is 0 Å². The highest BCUT2D eigenvalue weighted by Crippen LogP contribution is 2.27. The van der Waals surface area contributed by atoms with Crippen LogP contribution < -0.4 is 25.4 Å². The van der Waals surface area contributed by atoms with Crippen LogP contribution in [0, 0.1) is 0 Å². The first-order chi connectivity index (χ1) is 13.7. The number of ether oxygens (including phenoxy) is 2. The normalized spacial score (nSPS) is 14.6. The summed E-state index contributed by atoms with van der Waals surface area (Å²) in [6.45, 7) is 3.25. The lowest BCUT2D eigenvalue weighted by Crippen LogP contribution is -2.32. The molecule has 1 aliphatic rings. The van der Waals surface area contributed by atoms with E-state index in [0.717, 1.165) is 30.0 Å². The second-order valence-corrected chi connectivity index (χ2v) is 6.81. The van der Waals surface area contributed by atoms with E-state index in [0.29, 0.717) is 30.5 Å². The van der Waals surface area contributed by atoms with E-state index < -0.39 is 0 Å². The Morgan fingerprint density at radius 1 is 1.07 bits per heavy atom. The van der Waals surface area contributed by atoms with E-state index in [1.807, 2.05) is 30.5 Å². The first kappa shape index (κ1) is 19.8. The van der Waals surface area contributed by atoms with Crippen LogP contribution in [0.25, 0.3) is 0 Å². The van der Waals surface area contributed by atoms with Crippen LogP contribution >= 0.6 is 0 Å². The number of piperidine rings is 1. The molecule has 0 amide bonds. The fraction of sp³-hybridized carbons (Fsp3) is 0.429. The number of nitrogens with two attached hydrogens (primary N) is 1. The van der Waals surface area contributed by atoms with Gasteiger partial charge in [-0.3, -0.25) is 0 Å². The lowest BCUT2D eigenvalue weighted by molar-refractivity contribution is 0.354. The Kier molecular flexibility index (Phi) is 6.94. The van der Waals surface area contributed by atoms with E-state index in [1.165, 1.54) is 19.3 Å². The van der Waals surface area contributed by atoms with Gasteiger partial charge in [0.1, 0.15) is 5.82 Å². The van der Waals surface area contributed by atoms with E-state index >= 15 is 0 Å². The van der Waals surface area contributed by atoms with Gasteiger partial charge in [-0.1, -0.05) is 6.07 Å². The van der Waals surface area contributed by atoms with Crippen molar-refractivity contribution in [3.8, 4) is 11.5 Å². The van der Waals surface area contributed by atoms with Gasteiger partial charge in [0.2, 0.25) is 0 Å². The first-order valence-corrected chi connectivity index (χ1v) is 9.64. The van der Waals surface area contributed by atoms with E-state index in [9.17, 15) is 0 Å². The molecule has 2 heterocycles. The molecule has 7 heteroatoms. The second kappa shape index (κ2) is 9.82.